The van der Waals surface area contributed by atoms with Crippen molar-refractivity contribution in [1.29, 1.82) is 0 Å². The van der Waals surface area contributed by atoms with E-state index in [1.807, 2.05) is 6.26 Å². The van der Waals surface area contributed by atoms with Crippen molar-refractivity contribution in [1.82, 2.24) is 15.5 Å². The van der Waals surface area contributed by atoms with Crippen LogP contribution < -0.4 is 21.5 Å². The predicted octanol–water partition coefficient (Wildman–Crippen LogP) is 1.91. The molecule has 2 aromatic carbocycles. The van der Waals surface area contributed by atoms with Gasteiger partial charge in [0.25, 0.3) is 11.5 Å². The molecule has 3 amide bonds. The number of carbonyl (C=O) groups excluding carboxylic acids is 3. The fourth-order valence-corrected chi connectivity index (χ4v) is 4.01. The number of carbonyl (C=O) groups is 3. The summed E-state index contributed by atoms with van der Waals surface area (Å²) < 4.78 is 0. The molecule has 0 unspecified atom stereocenters. The average Bonchev–Trinajstić information content (AvgIpc) is 2.90. The fourth-order valence-electron chi connectivity index (χ4n) is 3.54. The van der Waals surface area contributed by atoms with Crippen molar-refractivity contribution in [3.05, 3.63) is 64.1 Å². The molecule has 0 radical (unpaired) electrons. The molecule has 9 nitrogen and oxygen atoms in total. The minimum atomic E-state index is -0.611. The van der Waals surface area contributed by atoms with Crippen molar-refractivity contribution < 1.29 is 14.4 Å². The lowest BCUT2D eigenvalue weighted by molar-refractivity contribution is -0.118. The molecule has 1 aliphatic rings. The highest BCUT2D eigenvalue weighted by molar-refractivity contribution is 7.98. The van der Waals surface area contributed by atoms with Gasteiger partial charge in [0.05, 0.1) is 28.8 Å². The Labute approximate surface area is 187 Å². The number of fused-ring (bicyclic) bond motifs is 2. The summed E-state index contributed by atoms with van der Waals surface area (Å²) in [6.07, 6.45) is 2.40. The van der Waals surface area contributed by atoms with Crippen LogP contribution in [0.1, 0.15) is 22.5 Å². The van der Waals surface area contributed by atoms with Crippen molar-refractivity contribution in [2.45, 2.75) is 18.9 Å². The molecule has 0 aliphatic carbocycles. The summed E-state index contributed by atoms with van der Waals surface area (Å²) >= 11 is 1.60. The summed E-state index contributed by atoms with van der Waals surface area (Å²) in [5.74, 6) is -0.262. The molecule has 0 bridgehead atoms. The molecule has 1 aromatic heterocycles. The summed E-state index contributed by atoms with van der Waals surface area (Å²) in [6.45, 7) is 0. The maximum Gasteiger partial charge on any atom is 0.272 e. The molecule has 0 saturated carbocycles. The zero-order chi connectivity index (χ0) is 22.7. The van der Waals surface area contributed by atoms with Crippen molar-refractivity contribution in [2.24, 2.45) is 0 Å². The third-order valence-electron chi connectivity index (χ3n) is 5.14. The number of aromatic nitrogens is 2. The van der Waals surface area contributed by atoms with Gasteiger partial charge in [-0.25, -0.2) is 5.10 Å². The Hall–Kier alpha value is -3.66. The molecule has 10 heteroatoms. The average molecular weight is 452 g/mol. The van der Waals surface area contributed by atoms with Gasteiger partial charge in [-0.2, -0.15) is 16.9 Å². The van der Waals surface area contributed by atoms with Crippen LogP contribution in [0, 0.1) is 0 Å². The lowest BCUT2D eigenvalue weighted by Crippen LogP contribution is -2.41. The largest absolute Gasteiger partial charge is 0.340 e. The number of nitrogens with one attached hydrogen (secondary N) is 4. The van der Waals surface area contributed by atoms with Gasteiger partial charge in [-0.3, -0.25) is 19.2 Å². The molecule has 4 rings (SSSR count). The van der Waals surface area contributed by atoms with Crippen LogP contribution in [0.2, 0.25) is 0 Å². The lowest BCUT2D eigenvalue weighted by Gasteiger charge is -2.13. The van der Waals surface area contributed by atoms with Gasteiger partial charge < -0.3 is 16.0 Å². The van der Waals surface area contributed by atoms with Crippen LogP contribution in [0.5, 0.6) is 0 Å². The standard InChI is InChI=1S/C22H21N5O4S/c1-32-9-8-17-22(31)24-16-7-6-12(10-15(16)20(29)25-17)23-19(28)11-18-13-4-2-3-5-14(13)21(30)27-26-18/h2-7,10,17H,8-9,11H2,1H3,(H,23,28)(H,24,31)(H,25,29)(H,27,30)/t17-/m1/s1. The molecular weight excluding hydrogens is 430 g/mol. The first-order valence-electron chi connectivity index (χ1n) is 9.97. The molecule has 1 aliphatic heterocycles. The fraction of sp³-hybridized carbons (Fsp3) is 0.227. The van der Waals surface area contributed by atoms with E-state index in [9.17, 15) is 19.2 Å². The molecule has 2 heterocycles. The second-order valence-corrected chi connectivity index (χ2v) is 8.31. The highest BCUT2D eigenvalue weighted by atomic mass is 32.2. The highest BCUT2D eigenvalue weighted by Crippen LogP contribution is 2.24. The summed E-state index contributed by atoms with van der Waals surface area (Å²) in [7, 11) is 0. The number of hydrogen-bond acceptors (Lipinski definition) is 6. The van der Waals surface area contributed by atoms with E-state index in [1.165, 1.54) is 6.07 Å². The summed E-state index contributed by atoms with van der Waals surface area (Å²) in [4.78, 5) is 49.6. The number of nitrogens with zero attached hydrogens (tertiary/aromatic N) is 1. The zero-order valence-corrected chi connectivity index (χ0v) is 18.0. The van der Waals surface area contributed by atoms with E-state index in [4.69, 9.17) is 0 Å². The van der Waals surface area contributed by atoms with Gasteiger partial charge in [0.15, 0.2) is 0 Å². The van der Waals surface area contributed by atoms with E-state index in [0.29, 0.717) is 34.3 Å². The molecule has 4 N–H and O–H groups in total. The van der Waals surface area contributed by atoms with Crippen LogP contribution in [0.15, 0.2) is 47.3 Å². The predicted molar refractivity (Wildman–Crippen MR) is 124 cm³/mol. The van der Waals surface area contributed by atoms with Crippen molar-refractivity contribution >= 4 is 51.6 Å². The third kappa shape index (κ3) is 4.50. The quantitative estimate of drug-likeness (QED) is 0.453. The molecule has 3 aromatic rings. The van der Waals surface area contributed by atoms with Crippen LogP contribution in [-0.2, 0) is 16.0 Å². The Balaban J connectivity index is 1.52. The van der Waals surface area contributed by atoms with Crippen LogP contribution in [0.4, 0.5) is 11.4 Å². The molecule has 0 saturated heterocycles. The van der Waals surface area contributed by atoms with E-state index in [0.717, 1.165) is 5.75 Å². The number of aromatic amines is 1. The topological polar surface area (TPSA) is 133 Å². The van der Waals surface area contributed by atoms with Crippen LogP contribution in [-0.4, -0.2) is 46.0 Å². The van der Waals surface area contributed by atoms with Crippen molar-refractivity contribution in [3.63, 3.8) is 0 Å². The smallest absolute Gasteiger partial charge is 0.272 e. The Bertz CT molecular complexity index is 1270. The first-order chi connectivity index (χ1) is 15.5. The number of anilines is 2. The Morgan fingerprint density at radius 2 is 1.91 bits per heavy atom. The first-order valence-corrected chi connectivity index (χ1v) is 11.4. The maximum absolute atomic E-state index is 12.7. The monoisotopic (exact) mass is 451 g/mol. The molecule has 32 heavy (non-hydrogen) atoms. The number of hydrogen-bond donors (Lipinski definition) is 4. The SMILES string of the molecule is CSCC[C@H]1NC(=O)c2cc(NC(=O)Cc3n[nH]c(=O)c4ccccc34)ccc2NC1=O. The van der Waals surface area contributed by atoms with Crippen molar-refractivity contribution in [3.8, 4) is 0 Å². The summed E-state index contributed by atoms with van der Waals surface area (Å²) in [6, 6.07) is 11.0. The summed E-state index contributed by atoms with van der Waals surface area (Å²) in [5.41, 5.74) is 1.20. The highest BCUT2D eigenvalue weighted by Gasteiger charge is 2.27. The Kier molecular flexibility index (Phi) is 6.22. The van der Waals surface area contributed by atoms with E-state index < -0.39 is 6.04 Å². The van der Waals surface area contributed by atoms with Gasteiger partial charge in [0.2, 0.25) is 11.8 Å². The van der Waals surface area contributed by atoms with Crippen LogP contribution >= 0.6 is 11.8 Å². The molecule has 164 valence electrons. The minimum absolute atomic E-state index is 0.0614. The molecule has 0 spiro atoms. The molecule has 0 fully saturated rings. The second kappa shape index (κ2) is 9.23. The van der Waals surface area contributed by atoms with Gasteiger partial charge in [0, 0.05) is 11.1 Å². The number of benzene rings is 2. The lowest BCUT2D eigenvalue weighted by atomic mass is 10.1. The van der Waals surface area contributed by atoms with Gasteiger partial charge in [-0.15, -0.1) is 0 Å². The van der Waals surface area contributed by atoms with Gasteiger partial charge in [0.1, 0.15) is 6.04 Å². The number of rotatable bonds is 6. The van der Waals surface area contributed by atoms with Gasteiger partial charge >= 0.3 is 0 Å². The number of thioether (sulfide) groups is 1. The van der Waals surface area contributed by atoms with E-state index in [-0.39, 0.29) is 35.3 Å². The molecular formula is C22H21N5O4S. The Morgan fingerprint density at radius 1 is 1.12 bits per heavy atom. The van der Waals surface area contributed by atoms with Crippen LogP contribution in [0.3, 0.4) is 0 Å². The maximum atomic E-state index is 12.7. The zero-order valence-electron chi connectivity index (χ0n) is 17.2. The van der Waals surface area contributed by atoms with Gasteiger partial charge in [-0.05, 0) is 42.7 Å². The Morgan fingerprint density at radius 3 is 2.69 bits per heavy atom. The van der Waals surface area contributed by atoms with Gasteiger partial charge in [-0.1, -0.05) is 18.2 Å². The van der Waals surface area contributed by atoms with E-state index in [1.54, 1.807) is 48.2 Å². The number of H-pyrrole nitrogens is 1. The molecule has 1 atom stereocenters. The minimum Gasteiger partial charge on any atom is -0.340 e. The third-order valence-corrected chi connectivity index (χ3v) is 5.79. The number of amides is 3. The second-order valence-electron chi connectivity index (χ2n) is 7.33. The van der Waals surface area contributed by atoms with E-state index in [2.05, 4.69) is 26.1 Å². The van der Waals surface area contributed by atoms with E-state index >= 15 is 0 Å². The normalized spacial score (nSPS) is 15.5. The first kappa shape index (κ1) is 21.6. The van der Waals surface area contributed by atoms with Crippen LogP contribution in [0.25, 0.3) is 10.8 Å². The summed E-state index contributed by atoms with van der Waals surface area (Å²) in [5, 5.41) is 15.7. The van der Waals surface area contributed by atoms with Crippen molar-refractivity contribution in [2.75, 3.05) is 22.6 Å².